The number of benzene rings is 1. The van der Waals surface area contributed by atoms with Gasteiger partial charge in [0.05, 0.1) is 5.02 Å². The molecule has 1 heterocycles. The van der Waals surface area contributed by atoms with Gasteiger partial charge in [0.1, 0.15) is 18.5 Å². The minimum Gasteiger partial charge on any atom is -0.489 e. The van der Waals surface area contributed by atoms with Crippen molar-refractivity contribution in [3.8, 4) is 5.75 Å². The summed E-state index contributed by atoms with van der Waals surface area (Å²) in [7, 11) is 0. The topological polar surface area (TPSA) is 52.9 Å². The smallest absolute Gasteiger partial charge is 0.138 e. The van der Waals surface area contributed by atoms with Crippen LogP contribution < -0.4 is 4.74 Å². The summed E-state index contributed by atoms with van der Waals surface area (Å²) in [5.74, 6) is 1.02. The summed E-state index contributed by atoms with van der Waals surface area (Å²) < 4.78 is 5.53. The Morgan fingerprint density at radius 2 is 2.00 bits per heavy atom. The standard InChI is InChI=1S/C15H22ClNO3/c16-14-3-1-2-4-15(14)20-11-13(19)9-17-7-5-12(10-18)6-8-17/h1-4,12-13,18-19H,5-11H2. The Labute approximate surface area is 124 Å². The van der Waals surface area contributed by atoms with E-state index in [-0.39, 0.29) is 13.2 Å². The van der Waals surface area contributed by atoms with Crippen molar-refractivity contribution in [1.82, 2.24) is 4.90 Å². The van der Waals surface area contributed by atoms with Gasteiger partial charge in [-0.1, -0.05) is 23.7 Å². The van der Waals surface area contributed by atoms with Crippen LogP contribution in [0.3, 0.4) is 0 Å². The van der Waals surface area contributed by atoms with Crippen molar-refractivity contribution in [1.29, 1.82) is 0 Å². The molecular weight excluding hydrogens is 278 g/mol. The lowest BCUT2D eigenvalue weighted by atomic mass is 9.98. The van der Waals surface area contributed by atoms with Gasteiger partial charge in [0.2, 0.25) is 0 Å². The number of nitrogens with zero attached hydrogens (tertiary/aromatic N) is 1. The van der Waals surface area contributed by atoms with E-state index in [1.807, 2.05) is 12.1 Å². The summed E-state index contributed by atoms with van der Waals surface area (Å²) >= 11 is 5.99. The Kier molecular flexibility index (Phi) is 6.10. The van der Waals surface area contributed by atoms with E-state index in [9.17, 15) is 5.11 Å². The van der Waals surface area contributed by atoms with Gasteiger partial charge in [-0.05, 0) is 44.0 Å². The molecular formula is C15H22ClNO3. The molecule has 0 spiro atoms. The Morgan fingerprint density at radius 3 is 2.65 bits per heavy atom. The van der Waals surface area contributed by atoms with Crippen molar-refractivity contribution in [2.75, 3.05) is 32.8 Å². The Balaban J connectivity index is 1.71. The van der Waals surface area contributed by atoms with Crippen LogP contribution >= 0.6 is 11.6 Å². The van der Waals surface area contributed by atoms with Crippen LogP contribution in [0.1, 0.15) is 12.8 Å². The summed E-state index contributed by atoms with van der Waals surface area (Å²) in [5, 5.41) is 19.7. The van der Waals surface area contributed by atoms with Gasteiger partial charge in [0.25, 0.3) is 0 Å². The SMILES string of the molecule is OCC1CCN(CC(O)COc2ccccc2Cl)CC1. The molecule has 20 heavy (non-hydrogen) atoms. The fourth-order valence-electron chi connectivity index (χ4n) is 2.45. The number of hydrogen-bond donors (Lipinski definition) is 2. The van der Waals surface area contributed by atoms with Crippen LogP contribution in [0.4, 0.5) is 0 Å². The number of rotatable bonds is 6. The zero-order valence-electron chi connectivity index (χ0n) is 11.5. The fourth-order valence-corrected chi connectivity index (χ4v) is 2.64. The zero-order valence-corrected chi connectivity index (χ0v) is 12.3. The van der Waals surface area contributed by atoms with Crippen LogP contribution in [0, 0.1) is 5.92 Å². The second kappa shape index (κ2) is 7.84. The van der Waals surface area contributed by atoms with E-state index in [0.717, 1.165) is 25.9 Å². The molecule has 1 unspecified atom stereocenters. The molecule has 5 heteroatoms. The largest absolute Gasteiger partial charge is 0.489 e. The van der Waals surface area contributed by atoms with Crippen LogP contribution in [-0.4, -0.2) is 54.1 Å². The molecule has 1 aromatic rings. The summed E-state index contributed by atoms with van der Waals surface area (Å²) in [6, 6.07) is 7.26. The first-order valence-corrected chi connectivity index (χ1v) is 7.45. The molecule has 1 aliphatic rings. The molecule has 4 nitrogen and oxygen atoms in total. The van der Waals surface area contributed by atoms with E-state index in [2.05, 4.69) is 4.90 Å². The quantitative estimate of drug-likeness (QED) is 0.841. The number of halogens is 1. The number of β-amino-alcohol motifs (C(OH)–C–C–N with tert-alkyl or cyclic N) is 1. The Morgan fingerprint density at radius 1 is 1.30 bits per heavy atom. The van der Waals surface area contributed by atoms with E-state index < -0.39 is 6.10 Å². The third-order valence-corrected chi connectivity index (χ3v) is 4.01. The minimum atomic E-state index is -0.531. The molecule has 1 saturated heterocycles. The van der Waals surface area contributed by atoms with E-state index in [1.54, 1.807) is 12.1 Å². The number of aliphatic hydroxyl groups excluding tert-OH is 2. The van der Waals surface area contributed by atoms with Crippen molar-refractivity contribution in [2.45, 2.75) is 18.9 Å². The van der Waals surface area contributed by atoms with Gasteiger partial charge in [-0.25, -0.2) is 0 Å². The van der Waals surface area contributed by atoms with Crippen molar-refractivity contribution in [2.24, 2.45) is 5.92 Å². The molecule has 0 aliphatic carbocycles. The monoisotopic (exact) mass is 299 g/mol. The van der Waals surface area contributed by atoms with Crippen molar-refractivity contribution in [3.05, 3.63) is 29.3 Å². The van der Waals surface area contributed by atoms with Crippen molar-refractivity contribution in [3.63, 3.8) is 0 Å². The Bertz CT molecular complexity index is 408. The van der Waals surface area contributed by atoms with Gasteiger partial charge in [0.15, 0.2) is 0 Å². The molecule has 1 atom stereocenters. The van der Waals surface area contributed by atoms with Crippen molar-refractivity contribution < 1.29 is 14.9 Å². The highest BCUT2D eigenvalue weighted by atomic mass is 35.5. The van der Waals surface area contributed by atoms with Gasteiger partial charge >= 0.3 is 0 Å². The number of likely N-dealkylation sites (tertiary alicyclic amines) is 1. The maximum atomic E-state index is 10.0. The van der Waals surface area contributed by atoms with Gasteiger partial charge in [-0.3, -0.25) is 0 Å². The van der Waals surface area contributed by atoms with Crippen LogP contribution in [0.2, 0.25) is 5.02 Å². The predicted octanol–water partition coefficient (Wildman–Crippen LogP) is 1.78. The van der Waals surface area contributed by atoms with Crippen LogP contribution in [0.15, 0.2) is 24.3 Å². The average Bonchev–Trinajstić information content (AvgIpc) is 2.47. The molecule has 0 amide bonds. The van der Waals surface area contributed by atoms with E-state index in [4.69, 9.17) is 21.4 Å². The molecule has 2 rings (SSSR count). The van der Waals surface area contributed by atoms with E-state index >= 15 is 0 Å². The van der Waals surface area contributed by atoms with Crippen LogP contribution in [-0.2, 0) is 0 Å². The molecule has 0 bridgehead atoms. The predicted molar refractivity (Wildman–Crippen MR) is 79.2 cm³/mol. The summed E-state index contributed by atoms with van der Waals surface area (Å²) in [6.45, 7) is 2.96. The van der Waals surface area contributed by atoms with E-state index in [0.29, 0.717) is 23.2 Å². The molecule has 1 aliphatic heterocycles. The molecule has 0 radical (unpaired) electrons. The zero-order chi connectivity index (χ0) is 14.4. The van der Waals surface area contributed by atoms with Crippen LogP contribution in [0.25, 0.3) is 0 Å². The lowest BCUT2D eigenvalue weighted by Crippen LogP contribution is -2.41. The molecule has 1 fully saturated rings. The number of para-hydroxylation sites is 1. The lowest BCUT2D eigenvalue weighted by molar-refractivity contribution is 0.0489. The second-order valence-electron chi connectivity index (χ2n) is 5.32. The highest BCUT2D eigenvalue weighted by Crippen LogP contribution is 2.23. The first-order valence-electron chi connectivity index (χ1n) is 7.07. The van der Waals surface area contributed by atoms with E-state index in [1.165, 1.54) is 0 Å². The van der Waals surface area contributed by atoms with Gasteiger partial charge < -0.3 is 19.8 Å². The maximum Gasteiger partial charge on any atom is 0.138 e. The number of aliphatic hydroxyl groups is 2. The third kappa shape index (κ3) is 4.63. The molecule has 1 aromatic carbocycles. The molecule has 2 N–H and O–H groups in total. The Hall–Kier alpha value is -0.810. The number of hydrogen-bond acceptors (Lipinski definition) is 4. The third-order valence-electron chi connectivity index (χ3n) is 3.70. The highest BCUT2D eigenvalue weighted by molar-refractivity contribution is 6.32. The average molecular weight is 300 g/mol. The molecule has 0 saturated carbocycles. The first-order chi connectivity index (χ1) is 9.69. The van der Waals surface area contributed by atoms with Gasteiger partial charge in [-0.2, -0.15) is 0 Å². The van der Waals surface area contributed by atoms with Gasteiger partial charge in [0, 0.05) is 13.2 Å². The summed E-state index contributed by atoms with van der Waals surface area (Å²) in [4.78, 5) is 2.22. The summed E-state index contributed by atoms with van der Waals surface area (Å²) in [6.07, 6.45) is 1.46. The highest BCUT2D eigenvalue weighted by Gasteiger charge is 2.20. The number of ether oxygens (including phenoxy) is 1. The second-order valence-corrected chi connectivity index (χ2v) is 5.73. The molecule has 112 valence electrons. The first kappa shape index (κ1) is 15.6. The maximum absolute atomic E-state index is 10.0. The minimum absolute atomic E-state index is 0.240. The van der Waals surface area contributed by atoms with Gasteiger partial charge in [-0.15, -0.1) is 0 Å². The normalized spacial score (nSPS) is 18.9. The van der Waals surface area contributed by atoms with Crippen molar-refractivity contribution >= 4 is 11.6 Å². The summed E-state index contributed by atoms with van der Waals surface area (Å²) in [5.41, 5.74) is 0. The fraction of sp³-hybridized carbons (Fsp3) is 0.600. The number of piperidine rings is 1. The van der Waals surface area contributed by atoms with Crippen LogP contribution in [0.5, 0.6) is 5.75 Å². The lowest BCUT2D eigenvalue weighted by Gasteiger charge is -2.32. The molecule has 0 aromatic heterocycles.